The highest BCUT2D eigenvalue weighted by atomic mass is 16.5. The minimum atomic E-state index is -0.880. The number of aliphatic carboxylic acids is 1. The van der Waals surface area contributed by atoms with E-state index in [1.54, 1.807) is 13.0 Å². The van der Waals surface area contributed by atoms with E-state index in [1.807, 2.05) is 13.8 Å². The van der Waals surface area contributed by atoms with Crippen LogP contribution in [0.1, 0.15) is 53.4 Å². The number of carboxylic acids is 1. The molecule has 0 rings (SSSR count). The molecule has 0 aliphatic heterocycles. The van der Waals surface area contributed by atoms with Crippen molar-refractivity contribution in [2.45, 2.75) is 65.6 Å². The Kier molecular flexibility index (Phi) is 7.90. The van der Waals surface area contributed by atoms with Crippen molar-refractivity contribution >= 4 is 5.97 Å². The van der Waals surface area contributed by atoms with Gasteiger partial charge < -0.3 is 9.84 Å². The predicted molar refractivity (Wildman–Crippen MR) is 65.5 cm³/mol. The van der Waals surface area contributed by atoms with E-state index in [0.29, 0.717) is 5.57 Å². The molecule has 0 heterocycles. The Morgan fingerprint density at radius 2 is 2.00 bits per heavy atom. The van der Waals surface area contributed by atoms with Crippen molar-refractivity contribution in [3.63, 3.8) is 0 Å². The summed E-state index contributed by atoms with van der Waals surface area (Å²) < 4.78 is 5.68. The van der Waals surface area contributed by atoms with E-state index in [4.69, 9.17) is 9.84 Å². The largest absolute Gasteiger partial charge is 0.478 e. The van der Waals surface area contributed by atoms with E-state index >= 15 is 0 Å². The zero-order valence-electron chi connectivity index (χ0n) is 10.8. The molecule has 16 heavy (non-hydrogen) atoms. The van der Waals surface area contributed by atoms with E-state index in [-0.39, 0.29) is 12.2 Å². The summed E-state index contributed by atoms with van der Waals surface area (Å²) >= 11 is 0. The fourth-order valence-corrected chi connectivity index (χ4v) is 1.58. The summed E-state index contributed by atoms with van der Waals surface area (Å²) in [4.78, 5) is 10.6. The van der Waals surface area contributed by atoms with E-state index in [0.717, 1.165) is 6.42 Å². The van der Waals surface area contributed by atoms with Crippen molar-refractivity contribution < 1.29 is 14.6 Å². The van der Waals surface area contributed by atoms with Gasteiger partial charge in [-0.2, -0.15) is 0 Å². The molecule has 0 saturated heterocycles. The number of carboxylic acid groups (broad SMARTS) is 1. The van der Waals surface area contributed by atoms with Crippen LogP contribution < -0.4 is 0 Å². The Labute approximate surface area is 98.5 Å². The summed E-state index contributed by atoms with van der Waals surface area (Å²) in [5.74, 6) is -0.880. The lowest BCUT2D eigenvalue weighted by Gasteiger charge is -2.16. The van der Waals surface area contributed by atoms with Gasteiger partial charge in [0, 0.05) is 5.57 Å². The van der Waals surface area contributed by atoms with E-state index in [2.05, 4.69) is 6.92 Å². The molecule has 0 aromatic carbocycles. The number of hydrogen-bond donors (Lipinski definition) is 1. The Hall–Kier alpha value is -0.830. The van der Waals surface area contributed by atoms with Crippen molar-refractivity contribution in [3.05, 3.63) is 11.6 Å². The Bertz CT molecular complexity index is 233. The number of hydrogen-bond acceptors (Lipinski definition) is 2. The van der Waals surface area contributed by atoms with Crippen LogP contribution in [0.3, 0.4) is 0 Å². The van der Waals surface area contributed by atoms with Crippen LogP contribution in [-0.2, 0) is 9.53 Å². The first-order valence-electron chi connectivity index (χ1n) is 6.04. The summed E-state index contributed by atoms with van der Waals surface area (Å²) in [5, 5.41) is 8.71. The summed E-state index contributed by atoms with van der Waals surface area (Å²) in [5.41, 5.74) is 0.341. The Balaban J connectivity index is 3.90. The normalized spacial score (nSPS) is 15.9. The predicted octanol–water partition coefficient (Wildman–Crippen LogP) is 3.39. The molecule has 0 aliphatic rings. The van der Waals surface area contributed by atoms with Crippen molar-refractivity contribution in [2.75, 3.05) is 0 Å². The third kappa shape index (κ3) is 7.46. The van der Waals surface area contributed by atoms with Crippen LogP contribution >= 0.6 is 0 Å². The van der Waals surface area contributed by atoms with Gasteiger partial charge in [-0.25, -0.2) is 4.79 Å². The number of ether oxygens (including phenoxy) is 1. The molecule has 2 atom stereocenters. The molecule has 0 aliphatic carbocycles. The van der Waals surface area contributed by atoms with Gasteiger partial charge >= 0.3 is 5.97 Å². The van der Waals surface area contributed by atoms with Crippen molar-refractivity contribution in [1.29, 1.82) is 0 Å². The SMILES string of the molecule is CCCCCC(C)OC(C)C=C(C)C(=O)O. The second-order valence-electron chi connectivity index (χ2n) is 4.30. The summed E-state index contributed by atoms with van der Waals surface area (Å²) in [6, 6.07) is 0. The third-order valence-electron chi connectivity index (χ3n) is 2.48. The van der Waals surface area contributed by atoms with Gasteiger partial charge in [-0.05, 0) is 33.3 Å². The first-order valence-corrected chi connectivity index (χ1v) is 6.04. The molecular weight excluding hydrogens is 204 g/mol. The second-order valence-corrected chi connectivity index (χ2v) is 4.30. The Morgan fingerprint density at radius 3 is 2.50 bits per heavy atom. The zero-order valence-corrected chi connectivity index (χ0v) is 10.8. The van der Waals surface area contributed by atoms with Crippen LogP contribution in [0.2, 0.25) is 0 Å². The van der Waals surface area contributed by atoms with Gasteiger partial charge in [0.1, 0.15) is 0 Å². The van der Waals surface area contributed by atoms with Crippen LogP contribution in [0.5, 0.6) is 0 Å². The molecule has 0 aromatic rings. The minimum absolute atomic E-state index is 0.132. The molecule has 2 unspecified atom stereocenters. The summed E-state index contributed by atoms with van der Waals surface area (Å²) in [7, 11) is 0. The molecule has 0 fully saturated rings. The molecular formula is C13H24O3. The monoisotopic (exact) mass is 228 g/mol. The van der Waals surface area contributed by atoms with Gasteiger partial charge in [0.05, 0.1) is 12.2 Å². The molecule has 0 amide bonds. The third-order valence-corrected chi connectivity index (χ3v) is 2.48. The molecule has 3 heteroatoms. The average molecular weight is 228 g/mol. The van der Waals surface area contributed by atoms with E-state index in [9.17, 15) is 4.79 Å². The maximum absolute atomic E-state index is 10.6. The van der Waals surface area contributed by atoms with Gasteiger partial charge in [-0.3, -0.25) is 0 Å². The standard InChI is InChI=1S/C13H24O3/c1-5-6-7-8-11(3)16-12(4)9-10(2)13(14)15/h9,11-12H,5-8H2,1-4H3,(H,14,15). The first kappa shape index (κ1) is 15.2. The van der Waals surface area contributed by atoms with Crippen LogP contribution in [0.15, 0.2) is 11.6 Å². The van der Waals surface area contributed by atoms with Crippen LogP contribution in [-0.4, -0.2) is 23.3 Å². The smallest absolute Gasteiger partial charge is 0.331 e. The lowest BCUT2D eigenvalue weighted by Crippen LogP contribution is -2.16. The van der Waals surface area contributed by atoms with Crippen LogP contribution in [0, 0.1) is 0 Å². The topological polar surface area (TPSA) is 46.5 Å². The summed E-state index contributed by atoms with van der Waals surface area (Å²) in [6.45, 7) is 7.68. The molecule has 0 spiro atoms. The van der Waals surface area contributed by atoms with Gasteiger partial charge in [0.2, 0.25) is 0 Å². The number of rotatable bonds is 8. The second kappa shape index (κ2) is 8.34. The first-order chi connectivity index (χ1) is 7.47. The summed E-state index contributed by atoms with van der Waals surface area (Å²) in [6.07, 6.45) is 6.36. The molecule has 3 nitrogen and oxygen atoms in total. The highest BCUT2D eigenvalue weighted by Gasteiger charge is 2.08. The highest BCUT2D eigenvalue weighted by Crippen LogP contribution is 2.10. The molecule has 0 radical (unpaired) electrons. The van der Waals surface area contributed by atoms with Gasteiger partial charge in [0.25, 0.3) is 0 Å². The molecule has 0 bridgehead atoms. The molecule has 1 N–H and O–H groups in total. The average Bonchev–Trinajstić information content (AvgIpc) is 2.17. The molecule has 0 aromatic heterocycles. The fraction of sp³-hybridized carbons (Fsp3) is 0.769. The zero-order chi connectivity index (χ0) is 12.6. The maximum atomic E-state index is 10.6. The van der Waals surface area contributed by atoms with Crippen LogP contribution in [0.25, 0.3) is 0 Å². The van der Waals surface area contributed by atoms with E-state index in [1.165, 1.54) is 19.3 Å². The van der Waals surface area contributed by atoms with Gasteiger partial charge in [-0.1, -0.05) is 26.2 Å². The van der Waals surface area contributed by atoms with Gasteiger partial charge in [0.15, 0.2) is 0 Å². The highest BCUT2D eigenvalue weighted by molar-refractivity contribution is 5.85. The lowest BCUT2D eigenvalue weighted by molar-refractivity contribution is -0.132. The lowest BCUT2D eigenvalue weighted by atomic mass is 10.1. The number of carbonyl (C=O) groups is 1. The van der Waals surface area contributed by atoms with Crippen molar-refractivity contribution in [3.8, 4) is 0 Å². The van der Waals surface area contributed by atoms with Gasteiger partial charge in [-0.15, -0.1) is 0 Å². The Morgan fingerprint density at radius 1 is 1.38 bits per heavy atom. The van der Waals surface area contributed by atoms with E-state index < -0.39 is 5.97 Å². The minimum Gasteiger partial charge on any atom is -0.478 e. The molecule has 0 saturated carbocycles. The van der Waals surface area contributed by atoms with Crippen LogP contribution in [0.4, 0.5) is 0 Å². The number of unbranched alkanes of at least 4 members (excludes halogenated alkanes) is 2. The van der Waals surface area contributed by atoms with Crippen molar-refractivity contribution in [2.24, 2.45) is 0 Å². The molecule has 94 valence electrons. The fourth-order valence-electron chi connectivity index (χ4n) is 1.58. The van der Waals surface area contributed by atoms with Crippen molar-refractivity contribution in [1.82, 2.24) is 0 Å². The maximum Gasteiger partial charge on any atom is 0.331 e. The quantitative estimate of drug-likeness (QED) is 0.511.